The lowest BCUT2D eigenvalue weighted by Gasteiger charge is -1.94. The molecule has 1 heterocycles. The molecular formula is C8H9NOS. The van der Waals surface area contributed by atoms with Gasteiger partial charge >= 0.3 is 0 Å². The minimum absolute atomic E-state index is 0.469. The minimum atomic E-state index is -1.01. The number of nitrogens with zero attached hydrogens (tertiary/aromatic N) is 1. The fourth-order valence-corrected chi connectivity index (χ4v) is 1.47. The van der Waals surface area contributed by atoms with E-state index in [1.165, 1.54) is 0 Å². The second-order valence-electron chi connectivity index (χ2n) is 1.97. The van der Waals surface area contributed by atoms with E-state index in [1.807, 2.05) is 6.07 Å². The Morgan fingerprint density at radius 3 is 3.00 bits per heavy atom. The van der Waals surface area contributed by atoms with E-state index in [0.29, 0.717) is 10.8 Å². The molecule has 1 unspecified atom stereocenters. The molecule has 0 N–H and O–H groups in total. The smallest absolute Gasteiger partial charge is 0.127 e. The van der Waals surface area contributed by atoms with Crippen molar-refractivity contribution < 1.29 is 4.21 Å². The molecule has 0 saturated carbocycles. The number of hydrogen-bond acceptors (Lipinski definition) is 2. The summed E-state index contributed by atoms with van der Waals surface area (Å²) in [7, 11) is -1.01. The van der Waals surface area contributed by atoms with Crippen molar-refractivity contribution in [3.8, 4) is 0 Å². The van der Waals surface area contributed by atoms with Gasteiger partial charge in [0.1, 0.15) is 5.03 Å². The summed E-state index contributed by atoms with van der Waals surface area (Å²) >= 11 is 0. The molecule has 0 amide bonds. The summed E-state index contributed by atoms with van der Waals surface area (Å²) in [5.41, 5.74) is 0. The zero-order chi connectivity index (χ0) is 8.10. The maximum absolute atomic E-state index is 11.2. The summed E-state index contributed by atoms with van der Waals surface area (Å²) in [6, 6.07) is 5.37. The maximum atomic E-state index is 11.2. The Hall–Kier alpha value is -0.960. The molecule has 0 aliphatic heterocycles. The third-order valence-corrected chi connectivity index (χ3v) is 2.39. The van der Waals surface area contributed by atoms with Crippen molar-refractivity contribution >= 4 is 10.8 Å². The third-order valence-electron chi connectivity index (χ3n) is 1.14. The molecule has 0 spiro atoms. The van der Waals surface area contributed by atoms with Crippen molar-refractivity contribution in [3.05, 3.63) is 37.1 Å². The van der Waals surface area contributed by atoms with E-state index in [0.717, 1.165) is 0 Å². The van der Waals surface area contributed by atoms with Crippen molar-refractivity contribution in [1.29, 1.82) is 0 Å². The van der Waals surface area contributed by atoms with Gasteiger partial charge in [-0.1, -0.05) is 12.1 Å². The van der Waals surface area contributed by atoms with Crippen LogP contribution in [-0.2, 0) is 10.8 Å². The SMILES string of the molecule is C=CCS(=O)c1ccccn1. The normalized spacial score (nSPS) is 12.4. The van der Waals surface area contributed by atoms with Crippen LogP contribution in [0.3, 0.4) is 0 Å². The van der Waals surface area contributed by atoms with E-state index >= 15 is 0 Å². The van der Waals surface area contributed by atoms with Gasteiger partial charge in [0.2, 0.25) is 0 Å². The van der Waals surface area contributed by atoms with Crippen LogP contribution in [0.25, 0.3) is 0 Å². The van der Waals surface area contributed by atoms with Crippen LogP contribution in [0.2, 0.25) is 0 Å². The zero-order valence-electron chi connectivity index (χ0n) is 6.06. The van der Waals surface area contributed by atoms with Crippen molar-refractivity contribution in [2.75, 3.05) is 5.75 Å². The second-order valence-corrected chi connectivity index (χ2v) is 3.41. The molecule has 2 nitrogen and oxygen atoms in total. The Balaban J connectivity index is 2.77. The van der Waals surface area contributed by atoms with Crippen LogP contribution in [0, 0.1) is 0 Å². The van der Waals surface area contributed by atoms with Crippen molar-refractivity contribution in [2.24, 2.45) is 0 Å². The van der Waals surface area contributed by atoms with Crippen LogP contribution in [-0.4, -0.2) is 14.9 Å². The Labute approximate surface area is 68.4 Å². The average Bonchev–Trinajstić information content (AvgIpc) is 2.07. The molecule has 0 aromatic carbocycles. The lowest BCUT2D eigenvalue weighted by Crippen LogP contribution is -1.96. The van der Waals surface area contributed by atoms with Crippen LogP contribution in [0.5, 0.6) is 0 Å². The van der Waals surface area contributed by atoms with Gasteiger partial charge in [0.05, 0.1) is 10.8 Å². The van der Waals surface area contributed by atoms with Gasteiger partial charge in [-0.25, -0.2) is 4.98 Å². The summed E-state index contributed by atoms with van der Waals surface area (Å²) in [4.78, 5) is 3.95. The highest BCUT2D eigenvalue weighted by molar-refractivity contribution is 7.85. The quantitative estimate of drug-likeness (QED) is 0.636. The highest BCUT2D eigenvalue weighted by atomic mass is 32.2. The second kappa shape index (κ2) is 4.03. The van der Waals surface area contributed by atoms with Crippen molar-refractivity contribution in [3.63, 3.8) is 0 Å². The molecule has 1 atom stereocenters. The van der Waals surface area contributed by atoms with Crippen LogP contribution in [0.1, 0.15) is 0 Å². The van der Waals surface area contributed by atoms with E-state index in [9.17, 15) is 4.21 Å². The first-order valence-corrected chi connectivity index (χ1v) is 4.57. The highest BCUT2D eigenvalue weighted by Gasteiger charge is 1.99. The molecule has 0 saturated heterocycles. The fraction of sp³-hybridized carbons (Fsp3) is 0.125. The Morgan fingerprint density at radius 1 is 1.64 bits per heavy atom. The van der Waals surface area contributed by atoms with Crippen LogP contribution in [0.4, 0.5) is 0 Å². The highest BCUT2D eigenvalue weighted by Crippen LogP contribution is 2.00. The van der Waals surface area contributed by atoms with Crippen LogP contribution in [0.15, 0.2) is 42.1 Å². The topological polar surface area (TPSA) is 30.0 Å². The van der Waals surface area contributed by atoms with Gasteiger partial charge in [-0.3, -0.25) is 4.21 Å². The number of pyridine rings is 1. The first-order chi connectivity index (χ1) is 5.34. The summed E-state index contributed by atoms with van der Waals surface area (Å²) in [5.74, 6) is 0.469. The molecule has 0 radical (unpaired) electrons. The van der Waals surface area contributed by atoms with Crippen molar-refractivity contribution in [2.45, 2.75) is 5.03 Å². The summed E-state index contributed by atoms with van der Waals surface area (Å²) in [6.07, 6.45) is 3.26. The number of aromatic nitrogens is 1. The van der Waals surface area contributed by atoms with Gasteiger partial charge in [-0.15, -0.1) is 6.58 Å². The molecule has 1 aromatic heterocycles. The lowest BCUT2D eigenvalue weighted by atomic mass is 10.5. The summed E-state index contributed by atoms with van der Waals surface area (Å²) < 4.78 is 11.2. The molecule has 0 bridgehead atoms. The molecule has 0 aliphatic rings. The van der Waals surface area contributed by atoms with Gasteiger partial charge in [0.25, 0.3) is 0 Å². The standard InChI is InChI=1S/C8H9NOS/c1-2-7-11(10)8-5-3-4-6-9-8/h2-6H,1,7H2. The van der Waals surface area contributed by atoms with E-state index in [4.69, 9.17) is 0 Å². The van der Waals surface area contributed by atoms with Gasteiger partial charge in [0, 0.05) is 11.9 Å². The van der Waals surface area contributed by atoms with Crippen molar-refractivity contribution in [1.82, 2.24) is 4.98 Å². The molecule has 1 aromatic rings. The van der Waals surface area contributed by atoms with Gasteiger partial charge < -0.3 is 0 Å². The molecule has 0 aliphatic carbocycles. The molecule has 11 heavy (non-hydrogen) atoms. The molecule has 58 valence electrons. The summed E-state index contributed by atoms with van der Waals surface area (Å²) in [5, 5.41) is 0.618. The Kier molecular flexibility index (Phi) is 2.98. The van der Waals surface area contributed by atoms with Crippen LogP contribution >= 0.6 is 0 Å². The predicted molar refractivity (Wildman–Crippen MR) is 45.7 cm³/mol. The first kappa shape index (κ1) is 8.14. The van der Waals surface area contributed by atoms with Gasteiger partial charge in [-0.2, -0.15) is 0 Å². The number of hydrogen-bond donors (Lipinski definition) is 0. The minimum Gasteiger partial charge on any atom is -0.252 e. The van der Waals surface area contributed by atoms with Crippen LogP contribution < -0.4 is 0 Å². The lowest BCUT2D eigenvalue weighted by molar-refractivity contribution is 0.682. The fourth-order valence-electron chi connectivity index (χ4n) is 0.674. The zero-order valence-corrected chi connectivity index (χ0v) is 6.88. The van der Waals surface area contributed by atoms with E-state index in [1.54, 1.807) is 24.4 Å². The number of rotatable bonds is 3. The van der Waals surface area contributed by atoms with E-state index in [-0.39, 0.29) is 0 Å². The molecule has 3 heteroatoms. The van der Waals surface area contributed by atoms with Gasteiger partial charge in [-0.05, 0) is 12.1 Å². The van der Waals surface area contributed by atoms with Gasteiger partial charge in [0.15, 0.2) is 0 Å². The largest absolute Gasteiger partial charge is 0.252 e. The average molecular weight is 167 g/mol. The maximum Gasteiger partial charge on any atom is 0.127 e. The molecular weight excluding hydrogens is 158 g/mol. The van der Waals surface area contributed by atoms with E-state index in [2.05, 4.69) is 11.6 Å². The first-order valence-electron chi connectivity index (χ1n) is 3.25. The Morgan fingerprint density at radius 2 is 2.45 bits per heavy atom. The summed E-state index contributed by atoms with van der Waals surface area (Å²) in [6.45, 7) is 3.51. The Bertz CT molecular complexity index is 258. The monoisotopic (exact) mass is 167 g/mol. The predicted octanol–water partition coefficient (Wildman–Crippen LogP) is 1.38. The third kappa shape index (κ3) is 2.27. The van der Waals surface area contributed by atoms with E-state index < -0.39 is 10.8 Å². The molecule has 1 rings (SSSR count). The molecule has 0 fully saturated rings.